The van der Waals surface area contributed by atoms with Gasteiger partial charge >= 0.3 is 23.1 Å². The minimum absolute atomic E-state index is 0. The molecule has 0 saturated heterocycles. The van der Waals surface area contributed by atoms with Crippen molar-refractivity contribution in [3.05, 3.63) is 0 Å². The standard InChI is InChI=1S/C8H18ClN.Mg.2H/c1-7(2)10(6-5-9)8(3)4;;;/h7-8H,5-6H2,1-4H3;;;/q;+2;2*-1. The van der Waals surface area contributed by atoms with Gasteiger partial charge in [-0.1, -0.05) is 0 Å². The van der Waals surface area contributed by atoms with Gasteiger partial charge < -0.3 is 2.85 Å². The third-order valence-electron chi connectivity index (χ3n) is 1.67. The van der Waals surface area contributed by atoms with Crippen molar-refractivity contribution in [2.45, 2.75) is 39.8 Å². The third kappa shape index (κ3) is 6.20. The monoisotopic (exact) mass is 189 g/mol. The smallest absolute Gasteiger partial charge is 1.00 e. The summed E-state index contributed by atoms with van der Waals surface area (Å²) in [5.74, 6) is 0.732. The molecule has 0 bridgehead atoms. The molecule has 0 aromatic heterocycles. The second-order valence-electron chi connectivity index (χ2n) is 3.11. The van der Waals surface area contributed by atoms with Gasteiger partial charge in [0.2, 0.25) is 0 Å². The number of hydrogen-bond donors (Lipinski definition) is 0. The van der Waals surface area contributed by atoms with Crippen molar-refractivity contribution in [3.8, 4) is 0 Å². The van der Waals surface area contributed by atoms with Crippen molar-refractivity contribution in [2.24, 2.45) is 0 Å². The first kappa shape index (κ1) is 14.5. The summed E-state index contributed by atoms with van der Waals surface area (Å²) < 4.78 is 0. The first-order chi connectivity index (χ1) is 4.59. The summed E-state index contributed by atoms with van der Waals surface area (Å²) in [5.41, 5.74) is 0. The van der Waals surface area contributed by atoms with E-state index in [-0.39, 0.29) is 25.9 Å². The minimum atomic E-state index is 0. The fourth-order valence-electron chi connectivity index (χ4n) is 1.21. The molecule has 0 aromatic rings. The molecule has 66 valence electrons. The Morgan fingerprint density at radius 2 is 1.55 bits per heavy atom. The van der Waals surface area contributed by atoms with Crippen LogP contribution in [-0.4, -0.2) is 52.5 Å². The van der Waals surface area contributed by atoms with Crippen LogP contribution in [0.1, 0.15) is 30.5 Å². The van der Waals surface area contributed by atoms with E-state index in [1.807, 2.05) is 0 Å². The average molecular weight is 190 g/mol. The van der Waals surface area contributed by atoms with E-state index < -0.39 is 0 Å². The summed E-state index contributed by atoms with van der Waals surface area (Å²) in [6.07, 6.45) is 0. The second kappa shape index (κ2) is 7.65. The van der Waals surface area contributed by atoms with Crippen molar-refractivity contribution in [2.75, 3.05) is 12.4 Å². The van der Waals surface area contributed by atoms with Gasteiger partial charge in [0.1, 0.15) is 0 Å². The Hall–Kier alpha value is 1.02. The number of nitrogens with zero attached hydrogens (tertiary/aromatic N) is 1. The fraction of sp³-hybridized carbons (Fsp3) is 1.00. The zero-order valence-corrected chi connectivity index (χ0v) is 10.3. The van der Waals surface area contributed by atoms with Crippen LogP contribution in [0.5, 0.6) is 0 Å². The summed E-state index contributed by atoms with van der Waals surface area (Å²) in [5, 5.41) is 0. The molecule has 11 heavy (non-hydrogen) atoms. The summed E-state index contributed by atoms with van der Waals surface area (Å²) in [4.78, 5) is 2.38. The predicted molar refractivity (Wildman–Crippen MR) is 55.7 cm³/mol. The average Bonchev–Trinajstić information content (AvgIpc) is 1.81. The molecule has 0 amide bonds. The summed E-state index contributed by atoms with van der Waals surface area (Å²) in [7, 11) is 0. The van der Waals surface area contributed by atoms with Crippen LogP contribution in [0.3, 0.4) is 0 Å². The van der Waals surface area contributed by atoms with E-state index in [1.54, 1.807) is 0 Å². The van der Waals surface area contributed by atoms with Crippen LogP contribution >= 0.6 is 11.6 Å². The van der Waals surface area contributed by atoms with Gasteiger partial charge in [0.05, 0.1) is 0 Å². The zero-order valence-electron chi connectivity index (χ0n) is 10.1. The first-order valence-corrected chi connectivity index (χ1v) is 4.44. The summed E-state index contributed by atoms with van der Waals surface area (Å²) >= 11 is 5.64. The van der Waals surface area contributed by atoms with Crippen LogP contribution < -0.4 is 0 Å². The molecule has 0 atom stereocenters. The fourth-order valence-corrected chi connectivity index (χ4v) is 1.41. The molecule has 0 unspecified atom stereocenters. The van der Waals surface area contributed by atoms with Gasteiger partial charge in [-0.3, -0.25) is 4.90 Å². The van der Waals surface area contributed by atoms with Gasteiger partial charge in [-0.15, -0.1) is 11.6 Å². The molecule has 3 heteroatoms. The molecule has 1 nitrogen and oxygen atoms in total. The van der Waals surface area contributed by atoms with Crippen molar-refractivity contribution in [1.29, 1.82) is 0 Å². The second-order valence-corrected chi connectivity index (χ2v) is 3.49. The maximum absolute atomic E-state index is 5.64. The van der Waals surface area contributed by atoms with Crippen LogP contribution in [0.15, 0.2) is 0 Å². The van der Waals surface area contributed by atoms with Gasteiger partial charge in [-0.2, -0.15) is 0 Å². The van der Waals surface area contributed by atoms with Crippen LogP contribution in [-0.2, 0) is 0 Å². The molecule has 0 radical (unpaired) electrons. The predicted octanol–water partition coefficient (Wildman–Crippen LogP) is 2.19. The van der Waals surface area contributed by atoms with Crippen molar-refractivity contribution in [1.82, 2.24) is 4.90 Å². The van der Waals surface area contributed by atoms with E-state index in [4.69, 9.17) is 11.6 Å². The Morgan fingerprint density at radius 1 is 1.18 bits per heavy atom. The number of hydrogen-bond acceptors (Lipinski definition) is 1. The summed E-state index contributed by atoms with van der Waals surface area (Å²) in [6, 6.07) is 1.22. The van der Waals surface area contributed by atoms with E-state index in [9.17, 15) is 0 Å². The molecule has 0 N–H and O–H groups in total. The molecule has 0 spiro atoms. The Balaban J connectivity index is -0.000000135. The molecule has 0 aliphatic rings. The largest absolute Gasteiger partial charge is 2.00 e. The van der Waals surface area contributed by atoms with Crippen molar-refractivity contribution in [3.63, 3.8) is 0 Å². The number of rotatable bonds is 4. The Bertz CT molecular complexity index is 86.2. The quantitative estimate of drug-likeness (QED) is 0.485. The zero-order chi connectivity index (χ0) is 8.15. The van der Waals surface area contributed by atoms with Crippen LogP contribution in [0.2, 0.25) is 0 Å². The molecule has 0 aliphatic heterocycles. The van der Waals surface area contributed by atoms with E-state index in [0.717, 1.165) is 12.4 Å². The molecule has 0 fully saturated rings. The normalized spacial score (nSPS) is 10.9. The minimum Gasteiger partial charge on any atom is -1.00 e. The molecule has 0 rings (SSSR count). The molecule has 0 aromatic carbocycles. The van der Waals surface area contributed by atoms with E-state index in [2.05, 4.69) is 32.6 Å². The first-order valence-electron chi connectivity index (χ1n) is 3.91. The van der Waals surface area contributed by atoms with Crippen LogP contribution in [0, 0.1) is 0 Å². The topological polar surface area (TPSA) is 3.24 Å². The molecular weight excluding hydrogens is 170 g/mol. The van der Waals surface area contributed by atoms with Crippen LogP contribution in [0.4, 0.5) is 0 Å². The molecule has 0 aliphatic carbocycles. The Kier molecular flexibility index (Phi) is 10.1. The number of alkyl halides is 1. The summed E-state index contributed by atoms with van der Waals surface area (Å²) in [6.45, 7) is 9.80. The van der Waals surface area contributed by atoms with Gasteiger partial charge in [-0.25, -0.2) is 0 Å². The third-order valence-corrected chi connectivity index (χ3v) is 1.84. The van der Waals surface area contributed by atoms with Crippen LogP contribution in [0.25, 0.3) is 0 Å². The number of halogens is 1. The molecule has 0 saturated carbocycles. The van der Waals surface area contributed by atoms with E-state index in [0.29, 0.717) is 12.1 Å². The maximum Gasteiger partial charge on any atom is 2.00 e. The van der Waals surface area contributed by atoms with Gasteiger partial charge in [0.15, 0.2) is 0 Å². The SMILES string of the molecule is CC(C)N(CCCl)C(C)C.[H-].[H-].[Mg+2]. The van der Waals surface area contributed by atoms with Crippen molar-refractivity contribution >= 4 is 34.7 Å². The van der Waals surface area contributed by atoms with E-state index >= 15 is 0 Å². The Morgan fingerprint density at radius 3 is 1.64 bits per heavy atom. The molecule has 0 heterocycles. The van der Waals surface area contributed by atoms with Gasteiger partial charge in [0.25, 0.3) is 0 Å². The van der Waals surface area contributed by atoms with Crippen molar-refractivity contribution < 1.29 is 2.85 Å². The maximum atomic E-state index is 5.64. The Labute approximate surface area is 94.6 Å². The molecular formula is C8H20ClMgN. The van der Waals surface area contributed by atoms with Gasteiger partial charge in [0, 0.05) is 24.5 Å². The van der Waals surface area contributed by atoms with E-state index in [1.165, 1.54) is 0 Å². The van der Waals surface area contributed by atoms with Gasteiger partial charge in [-0.05, 0) is 27.7 Å².